The Balaban J connectivity index is 1.44. The zero-order valence-electron chi connectivity index (χ0n) is 19.4. The van der Waals surface area contributed by atoms with Crippen LogP contribution in [0, 0.1) is 5.92 Å². The summed E-state index contributed by atoms with van der Waals surface area (Å²) in [5.74, 6) is 2.01. The number of aromatic nitrogens is 4. The maximum absolute atomic E-state index is 13.0. The van der Waals surface area contributed by atoms with Gasteiger partial charge in [-0.15, -0.1) is 10.2 Å². The number of anilines is 1. The number of carbonyl (C=O) groups is 1. The van der Waals surface area contributed by atoms with Crippen molar-refractivity contribution in [1.29, 1.82) is 0 Å². The second kappa shape index (κ2) is 10.2. The Morgan fingerprint density at radius 2 is 1.74 bits per heavy atom. The standard InChI is InChI=1S/C25H27N5O4/c1-4-34-21-11-7-19(8-12-21)29-13-14-30-22(27-28-24(30)25(29)32)15-17(2)16-23(31)26-18-5-9-20(33-3)10-6-18/h5-14,17H,4,15-16H2,1-3H3,(H,26,31)/t17-/m0/s1. The van der Waals surface area contributed by atoms with Crippen LogP contribution in [0.2, 0.25) is 0 Å². The number of hydrogen-bond acceptors (Lipinski definition) is 6. The van der Waals surface area contributed by atoms with Gasteiger partial charge in [-0.3, -0.25) is 18.6 Å². The van der Waals surface area contributed by atoms with E-state index < -0.39 is 0 Å². The Kier molecular flexibility index (Phi) is 6.91. The number of benzene rings is 2. The topological polar surface area (TPSA) is 99.8 Å². The van der Waals surface area contributed by atoms with Crippen LogP contribution in [-0.2, 0) is 11.2 Å². The lowest BCUT2D eigenvalue weighted by atomic mass is 10.0. The van der Waals surface area contributed by atoms with Gasteiger partial charge in [-0.2, -0.15) is 0 Å². The number of methoxy groups -OCH3 is 1. The summed E-state index contributed by atoms with van der Waals surface area (Å²) in [6.07, 6.45) is 4.28. The summed E-state index contributed by atoms with van der Waals surface area (Å²) >= 11 is 0. The van der Waals surface area contributed by atoms with Crippen molar-refractivity contribution < 1.29 is 14.3 Å². The maximum atomic E-state index is 13.0. The van der Waals surface area contributed by atoms with Crippen LogP contribution < -0.4 is 20.3 Å². The van der Waals surface area contributed by atoms with E-state index in [4.69, 9.17) is 9.47 Å². The van der Waals surface area contributed by atoms with E-state index in [0.29, 0.717) is 36.6 Å². The fourth-order valence-corrected chi connectivity index (χ4v) is 3.73. The normalized spacial score (nSPS) is 11.9. The van der Waals surface area contributed by atoms with Crippen molar-refractivity contribution >= 4 is 17.2 Å². The number of nitrogens with zero attached hydrogens (tertiary/aromatic N) is 4. The monoisotopic (exact) mass is 461 g/mol. The summed E-state index contributed by atoms with van der Waals surface area (Å²) in [6.45, 7) is 4.47. The van der Waals surface area contributed by atoms with Crippen molar-refractivity contribution in [2.45, 2.75) is 26.7 Å². The first-order valence-corrected chi connectivity index (χ1v) is 11.1. The van der Waals surface area contributed by atoms with Gasteiger partial charge in [0.2, 0.25) is 11.6 Å². The molecule has 0 unspecified atom stereocenters. The fourth-order valence-electron chi connectivity index (χ4n) is 3.73. The lowest BCUT2D eigenvalue weighted by molar-refractivity contribution is -0.116. The quantitative estimate of drug-likeness (QED) is 0.410. The van der Waals surface area contributed by atoms with Crippen LogP contribution in [0.25, 0.3) is 11.3 Å². The first-order valence-electron chi connectivity index (χ1n) is 11.1. The Bertz CT molecular complexity index is 1330. The number of amides is 1. The highest BCUT2D eigenvalue weighted by molar-refractivity contribution is 5.90. The van der Waals surface area contributed by atoms with Crippen LogP contribution in [0.5, 0.6) is 11.5 Å². The molecule has 2 heterocycles. The molecule has 4 aromatic rings. The lowest BCUT2D eigenvalue weighted by Gasteiger charge is -2.12. The maximum Gasteiger partial charge on any atom is 0.300 e. The molecule has 2 aromatic heterocycles. The number of nitrogens with one attached hydrogen (secondary N) is 1. The van der Waals surface area contributed by atoms with E-state index in [1.54, 1.807) is 48.2 Å². The fraction of sp³-hybridized carbons (Fsp3) is 0.280. The van der Waals surface area contributed by atoms with Gasteiger partial charge in [-0.1, -0.05) is 6.92 Å². The summed E-state index contributed by atoms with van der Waals surface area (Å²) in [4.78, 5) is 25.4. The first-order chi connectivity index (χ1) is 16.5. The lowest BCUT2D eigenvalue weighted by Crippen LogP contribution is -2.21. The highest BCUT2D eigenvalue weighted by Crippen LogP contribution is 2.18. The van der Waals surface area contributed by atoms with Crippen molar-refractivity contribution in [2.24, 2.45) is 5.92 Å². The van der Waals surface area contributed by atoms with E-state index in [9.17, 15) is 9.59 Å². The van der Waals surface area contributed by atoms with Crippen molar-refractivity contribution in [3.63, 3.8) is 0 Å². The van der Waals surface area contributed by atoms with Gasteiger partial charge in [0.15, 0.2) is 0 Å². The van der Waals surface area contributed by atoms with Gasteiger partial charge >= 0.3 is 5.56 Å². The van der Waals surface area contributed by atoms with Crippen LogP contribution in [0.4, 0.5) is 5.69 Å². The summed E-state index contributed by atoms with van der Waals surface area (Å²) in [5, 5.41) is 11.2. The van der Waals surface area contributed by atoms with Gasteiger partial charge in [0, 0.05) is 36.6 Å². The molecule has 34 heavy (non-hydrogen) atoms. The minimum atomic E-state index is -0.268. The molecule has 0 bridgehead atoms. The molecule has 4 rings (SSSR count). The minimum absolute atomic E-state index is 0.000750. The SMILES string of the molecule is CCOc1ccc(-n2ccn3c(C[C@H](C)CC(=O)Nc4ccc(OC)cc4)nnc3c2=O)cc1. The number of ether oxygens (including phenoxy) is 2. The number of rotatable bonds is 9. The van der Waals surface area contributed by atoms with Crippen molar-refractivity contribution in [1.82, 2.24) is 19.2 Å². The molecule has 9 nitrogen and oxygen atoms in total. The van der Waals surface area contributed by atoms with E-state index in [2.05, 4.69) is 15.5 Å². The van der Waals surface area contributed by atoms with E-state index in [1.165, 1.54) is 4.57 Å². The van der Waals surface area contributed by atoms with Crippen LogP contribution in [-0.4, -0.2) is 38.8 Å². The molecular formula is C25H27N5O4. The molecule has 0 aliphatic rings. The van der Waals surface area contributed by atoms with Crippen molar-refractivity contribution in [3.8, 4) is 17.2 Å². The minimum Gasteiger partial charge on any atom is -0.497 e. The molecule has 0 aliphatic heterocycles. The van der Waals surface area contributed by atoms with Crippen LogP contribution in [0.3, 0.4) is 0 Å². The van der Waals surface area contributed by atoms with Gasteiger partial charge in [-0.25, -0.2) is 0 Å². The largest absolute Gasteiger partial charge is 0.497 e. The Morgan fingerprint density at radius 3 is 2.41 bits per heavy atom. The van der Waals surface area contributed by atoms with E-state index >= 15 is 0 Å². The molecule has 0 aliphatic carbocycles. The smallest absolute Gasteiger partial charge is 0.300 e. The van der Waals surface area contributed by atoms with Gasteiger partial charge in [0.05, 0.1) is 13.7 Å². The predicted octanol–water partition coefficient (Wildman–Crippen LogP) is 3.49. The van der Waals surface area contributed by atoms with Crippen molar-refractivity contribution in [2.75, 3.05) is 19.0 Å². The zero-order chi connectivity index (χ0) is 24.1. The van der Waals surface area contributed by atoms with E-state index in [0.717, 1.165) is 11.5 Å². The highest BCUT2D eigenvalue weighted by atomic mass is 16.5. The molecule has 0 spiro atoms. The van der Waals surface area contributed by atoms with Crippen LogP contribution in [0.1, 0.15) is 26.1 Å². The summed E-state index contributed by atoms with van der Waals surface area (Å²) in [6, 6.07) is 14.5. The third-order valence-electron chi connectivity index (χ3n) is 5.41. The average molecular weight is 462 g/mol. The zero-order valence-corrected chi connectivity index (χ0v) is 19.4. The first kappa shape index (κ1) is 23.0. The summed E-state index contributed by atoms with van der Waals surface area (Å²) in [5.41, 5.74) is 1.39. The number of fused-ring (bicyclic) bond motifs is 1. The second-order valence-electron chi connectivity index (χ2n) is 8.00. The molecule has 1 amide bonds. The Hall–Kier alpha value is -4.14. The molecule has 2 aromatic carbocycles. The molecule has 0 saturated carbocycles. The molecule has 1 atom stereocenters. The molecule has 0 fully saturated rings. The summed E-state index contributed by atoms with van der Waals surface area (Å²) in [7, 11) is 1.60. The number of carbonyl (C=O) groups excluding carboxylic acids is 1. The van der Waals surface area contributed by atoms with Gasteiger partial charge in [0.25, 0.3) is 0 Å². The van der Waals surface area contributed by atoms with Gasteiger partial charge in [0.1, 0.15) is 17.3 Å². The summed E-state index contributed by atoms with van der Waals surface area (Å²) < 4.78 is 13.8. The predicted molar refractivity (Wildman–Crippen MR) is 129 cm³/mol. The third-order valence-corrected chi connectivity index (χ3v) is 5.41. The second-order valence-corrected chi connectivity index (χ2v) is 8.00. The molecule has 1 N–H and O–H groups in total. The Morgan fingerprint density at radius 1 is 1.03 bits per heavy atom. The van der Waals surface area contributed by atoms with Crippen molar-refractivity contribution in [3.05, 3.63) is 77.1 Å². The van der Waals surface area contributed by atoms with E-state index in [1.807, 2.05) is 38.1 Å². The molecule has 176 valence electrons. The average Bonchev–Trinajstić information content (AvgIpc) is 3.24. The highest BCUT2D eigenvalue weighted by Gasteiger charge is 2.16. The van der Waals surface area contributed by atoms with Crippen LogP contribution in [0.15, 0.2) is 65.7 Å². The van der Waals surface area contributed by atoms with Crippen LogP contribution >= 0.6 is 0 Å². The third kappa shape index (κ3) is 5.09. The van der Waals surface area contributed by atoms with E-state index in [-0.39, 0.29) is 23.0 Å². The molecule has 0 saturated heterocycles. The molecular weight excluding hydrogens is 434 g/mol. The number of hydrogen-bond donors (Lipinski definition) is 1. The Labute approximate surface area is 197 Å². The van der Waals surface area contributed by atoms with Gasteiger partial charge < -0.3 is 14.8 Å². The molecule has 9 heteroatoms. The molecule has 0 radical (unpaired) electrons. The van der Waals surface area contributed by atoms with Gasteiger partial charge in [-0.05, 0) is 61.4 Å².